The van der Waals surface area contributed by atoms with Crippen LogP contribution in [0.3, 0.4) is 0 Å². The van der Waals surface area contributed by atoms with Crippen LogP contribution in [-0.4, -0.2) is 18.3 Å². The lowest BCUT2D eigenvalue weighted by Gasteiger charge is -2.15. The van der Waals surface area contributed by atoms with Gasteiger partial charge in [-0.3, -0.25) is 9.59 Å². The highest BCUT2D eigenvalue weighted by Crippen LogP contribution is 2.15. The van der Waals surface area contributed by atoms with Crippen LogP contribution in [0.2, 0.25) is 0 Å². The van der Waals surface area contributed by atoms with Crippen molar-refractivity contribution in [2.24, 2.45) is 5.73 Å². The topological polar surface area (TPSA) is 69.4 Å². The van der Waals surface area contributed by atoms with E-state index in [1.807, 2.05) is 0 Å². The standard InChI is InChI=1S/C14H19NO3/c1-2-3-4-5-13(14(15)17)18-12-8-6-11(10-16)7-9-12/h6-10,13H,2-5H2,1H3,(H2,15,17). The molecule has 1 aromatic carbocycles. The second-order valence-electron chi connectivity index (χ2n) is 4.19. The van der Waals surface area contributed by atoms with E-state index in [1.54, 1.807) is 24.3 Å². The predicted molar refractivity (Wildman–Crippen MR) is 69.6 cm³/mol. The molecule has 0 aliphatic rings. The maximum Gasteiger partial charge on any atom is 0.258 e. The van der Waals surface area contributed by atoms with Crippen molar-refractivity contribution in [1.82, 2.24) is 0 Å². The number of carbonyl (C=O) groups is 2. The fourth-order valence-electron chi connectivity index (χ4n) is 1.63. The lowest BCUT2D eigenvalue weighted by molar-refractivity contribution is -0.125. The molecule has 1 aromatic rings. The Morgan fingerprint density at radius 3 is 2.50 bits per heavy atom. The van der Waals surface area contributed by atoms with Crippen LogP contribution in [0, 0.1) is 0 Å². The average Bonchev–Trinajstić information content (AvgIpc) is 2.38. The van der Waals surface area contributed by atoms with E-state index in [1.165, 1.54) is 0 Å². The highest BCUT2D eigenvalue weighted by atomic mass is 16.5. The maximum absolute atomic E-state index is 11.3. The van der Waals surface area contributed by atoms with Crippen molar-refractivity contribution in [3.05, 3.63) is 29.8 Å². The molecule has 0 radical (unpaired) electrons. The number of hydrogen-bond acceptors (Lipinski definition) is 3. The Hall–Kier alpha value is -1.84. The summed E-state index contributed by atoms with van der Waals surface area (Å²) in [6.45, 7) is 2.10. The van der Waals surface area contributed by atoms with E-state index in [9.17, 15) is 9.59 Å². The van der Waals surface area contributed by atoms with Gasteiger partial charge in [0.2, 0.25) is 0 Å². The summed E-state index contributed by atoms with van der Waals surface area (Å²) in [6, 6.07) is 6.62. The van der Waals surface area contributed by atoms with E-state index in [2.05, 4.69) is 6.92 Å². The number of unbranched alkanes of at least 4 members (excludes halogenated alkanes) is 2. The number of primary amides is 1. The van der Waals surface area contributed by atoms with Crippen molar-refractivity contribution in [3.63, 3.8) is 0 Å². The molecule has 0 aliphatic heterocycles. The van der Waals surface area contributed by atoms with Crippen molar-refractivity contribution >= 4 is 12.2 Å². The van der Waals surface area contributed by atoms with Gasteiger partial charge in [0.05, 0.1) is 0 Å². The van der Waals surface area contributed by atoms with E-state index >= 15 is 0 Å². The van der Waals surface area contributed by atoms with Crippen molar-refractivity contribution in [1.29, 1.82) is 0 Å². The van der Waals surface area contributed by atoms with Crippen molar-refractivity contribution in [2.75, 3.05) is 0 Å². The van der Waals surface area contributed by atoms with Crippen LogP contribution in [0.4, 0.5) is 0 Å². The molecule has 0 spiro atoms. The van der Waals surface area contributed by atoms with Crippen molar-refractivity contribution in [2.45, 2.75) is 38.7 Å². The maximum atomic E-state index is 11.3. The van der Waals surface area contributed by atoms with Gasteiger partial charge in [0.1, 0.15) is 12.0 Å². The number of aldehydes is 1. The number of benzene rings is 1. The third-order valence-corrected chi connectivity index (χ3v) is 2.68. The van der Waals surface area contributed by atoms with Crippen LogP contribution in [0.15, 0.2) is 24.3 Å². The van der Waals surface area contributed by atoms with E-state index in [-0.39, 0.29) is 0 Å². The molecule has 0 fully saturated rings. The number of ether oxygens (including phenoxy) is 1. The summed E-state index contributed by atoms with van der Waals surface area (Å²) in [6.07, 6.45) is 3.83. The second kappa shape index (κ2) is 7.48. The molecule has 1 atom stereocenters. The first kappa shape index (κ1) is 14.2. The van der Waals surface area contributed by atoms with Crippen molar-refractivity contribution in [3.8, 4) is 5.75 Å². The molecule has 0 heterocycles. The van der Waals surface area contributed by atoms with E-state index in [0.29, 0.717) is 17.7 Å². The first-order chi connectivity index (χ1) is 8.67. The second-order valence-corrected chi connectivity index (χ2v) is 4.19. The Labute approximate surface area is 107 Å². The Morgan fingerprint density at radius 2 is 2.00 bits per heavy atom. The van der Waals surface area contributed by atoms with E-state index < -0.39 is 12.0 Å². The van der Waals surface area contributed by atoms with Gasteiger partial charge in [-0.25, -0.2) is 0 Å². The Balaban J connectivity index is 2.58. The molecular weight excluding hydrogens is 230 g/mol. The monoisotopic (exact) mass is 249 g/mol. The smallest absolute Gasteiger partial charge is 0.258 e. The number of rotatable bonds is 8. The van der Waals surface area contributed by atoms with Gasteiger partial charge in [0.15, 0.2) is 6.10 Å². The quantitative estimate of drug-likeness (QED) is 0.567. The van der Waals surface area contributed by atoms with Crippen LogP contribution in [0.25, 0.3) is 0 Å². The Bertz CT molecular complexity index is 387. The van der Waals surface area contributed by atoms with Crippen LogP contribution in [0.5, 0.6) is 5.75 Å². The number of carbonyl (C=O) groups excluding carboxylic acids is 2. The van der Waals surface area contributed by atoms with E-state index in [0.717, 1.165) is 25.5 Å². The molecule has 0 aliphatic carbocycles. The first-order valence-electron chi connectivity index (χ1n) is 6.18. The van der Waals surface area contributed by atoms with Gasteiger partial charge >= 0.3 is 0 Å². The zero-order valence-corrected chi connectivity index (χ0v) is 10.6. The van der Waals surface area contributed by atoms with Crippen molar-refractivity contribution < 1.29 is 14.3 Å². The minimum absolute atomic E-state index is 0.453. The molecule has 1 amide bonds. The summed E-state index contributed by atoms with van der Waals surface area (Å²) in [4.78, 5) is 21.8. The SMILES string of the molecule is CCCCCC(Oc1ccc(C=O)cc1)C(N)=O. The van der Waals surface area contributed by atoms with Gasteiger partial charge in [-0.05, 0) is 37.1 Å². The van der Waals surface area contributed by atoms with Gasteiger partial charge < -0.3 is 10.5 Å². The Morgan fingerprint density at radius 1 is 1.33 bits per heavy atom. The molecule has 0 saturated heterocycles. The van der Waals surface area contributed by atoms with Gasteiger partial charge in [-0.15, -0.1) is 0 Å². The zero-order valence-electron chi connectivity index (χ0n) is 10.6. The molecule has 0 saturated carbocycles. The molecule has 4 nitrogen and oxygen atoms in total. The Kier molecular flexibility index (Phi) is 5.91. The van der Waals surface area contributed by atoms with Crippen LogP contribution in [-0.2, 0) is 4.79 Å². The predicted octanol–water partition coefficient (Wildman–Crippen LogP) is 2.31. The third kappa shape index (κ3) is 4.57. The molecular formula is C14H19NO3. The first-order valence-corrected chi connectivity index (χ1v) is 6.18. The molecule has 1 rings (SSSR count). The zero-order chi connectivity index (χ0) is 13.4. The molecule has 0 bridgehead atoms. The summed E-state index contributed by atoms with van der Waals surface area (Å²) in [7, 11) is 0. The van der Waals surface area contributed by atoms with Crippen LogP contribution >= 0.6 is 0 Å². The molecule has 18 heavy (non-hydrogen) atoms. The van der Waals surface area contributed by atoms with Gasteiger partial charge in [-0.2, -0.15) is 0 Å². The minimum atomic E-state index is -0.598. The average molecular weight is 249 g/mol. The summed E-state index contributed by atoms with van der Waals surface area (Å²) >= 11 is 0. The minimum Gasteiger partial charge on any atom is -0.481 e. The lowest BCUT2D eigenvalue weighted by atomic mass is 10.1. The summed E-state index contributed by atoms with van der Waals surface area (Å²) in [5.74, 6) is 0.103. The van der Waals surface area contributed by atoms with Gasteiger partial charge in [0.25, 0.3) is 5.91 Å². The number of amides is 1. The fraction of sp³-hybridized carbons (Fsp3) is 0.429. The van der Waals surface area contributed by atoms with E-state index in [4.69, 9.17) is 10.5 Å². The summed E-state index contributed by atoms with van der Waals surface area (Å²) in [5.41, 5.74) is 5.88. The summed E-state index contributed by atoms with van der Waals surface area (Å²) < 4.78 is 5.53. The largest absolute Gasteiger partial charge is 0.481 e. The molecule has 4 heteroatoms. The normalized spacial score (nSPS) is 11.8. The third-order valence-electron chi connectivity index (χ3n) is 2.68. The summed E-state index contributed by atoms with van der Waals surface area (Å²) in [5, 5.41) is 0. The fourth-order valence-corrected chi connectivity index (χ4v) is 1.63. The molecule has 1 unspecified atom stereocenters. The molecule has 0 aromatic heterocycles. The van der Waals surface area contributed by atoms with Crippen LogP contribution in [0.1, 0.15) is 43.0 Å². The molecule has 98 valence electrons. The molecule has 2 N–H and O–H groups in total. The lowest BCUT2D eigenvalue weighted by Crippen LogP contribution is -2.33. The highest BCUT2D eigenvalue weighted by Gasteiger charge is 2.16. The van der Waals surface area contributed by atoms with Crippen LogP contribution < -0.4 is 10.5 Å². The highest BCUT2D eigenvalue weighted by molar-refractivity contribution is 5.79. The number of nitrogens with two attached hydrogens (primary N) is 1. The van der Waals surface area contributed by atoms with Gasteiger partial charge in [0, 0.05) is 5.56 Å². The number of hydrogen-bond donors (Lipinski definition) is 1. The van der Waals surface area contributed by atoms with Gasteiger partial charge in [-0.1, -0.05) is 19.8 Å².